The van der Waals surface area contributed by atoms with Crippen LogP contribution in [0.2, 0.25) is 5.02 Å². The van der Waals surface area contributed by atoms with E-state index in [0.29, 0.717) is 36.2 Å². The van der Waals surface area contributed by atoms with Gasteiger partial charge in [0.15, 0.2) is 0 Å². The second-order valence-electron chi connectivity index (χ2n) is 8.21. The average molecular weight is 531 g/mol. The molecule has 8 nitrogen and oxygen atoms in total. The number of aliphatic hydroxyl groups excluding tert-OH is 1. The number of carbonyl (C=O) groups excluding carboxylic acids is 1. The minimum absolute atomic E-state index is 0.165. The topological polar surface area (TPSA) is 105 Å². The summed E-state index contributed by atoms with van der Waals surface area (Å²) in [5.74, 6) is 0.900. The van der Waals surface area contributed by atoms with Gasteiger partial charge in [0.2, 0.25) is 5.95 Å². The van der Waals surface area contributed by atoms with Crippen molar-refractivity contribution in [1.29, 1.82) is 0 Å². The normalized spacial score (nSPS) is 12.3. The molecule has 3 N–H and O–H groups in total. The summed E-state index contributed by atoms with van der Waals surface area (Å²) in [7, 11) is 0. The third-order valence-corrected chi connectivity index (χ3v) is 5.57. The number of nitrogens with zero attached hydrogens (tertiary/aromatic N) is 4. The van der Waals surface area contributed by atoms with E-state index >= 15 is 0 Å². The van der Waals surface area contributed by atoms with Crippen LogP contribution in [0.15, 0.2) is 67.1 Å². The van der Waals surface area contributed by atoms with Gasteiger partial charge in [-0.15, -0.1) is 0 Å². The summed E-state index contributed by atoms with van der Waals surface area (Å²) in [5, 5.41) is 14.6. The van der Waals surface area contributed by atoms with E-state index in [9.17, 15) is 23.1 Å². The van der Waals surface area contributed by atoms with Gasteiger partial charge in [0.25, 0.3) is 5.91 Å². The number of hydrogen-bond donors (Lipinski definition) is 3. The van der Waals surface area contributed by atoms with E-state index < -0.39 is 28.8 Å². The third-order valence-electron chi connectivity index (χ3n) is 5.24. The predicted octanol–water partition coefficient (Wildman–Crippen LogP) is 4.97. The number of rotatable bonds is 8. The highest BCUT2D eigenvalue weighted by Gasteiger charge is 2.33. The third kappa shape index (κ3) is 6.63. The first-order valence-corrected chi connectivity index (χ1v) is 11.5. The molecule has 4 aromatic rings. The second kappa shape index (κ2) is 11.0. The van der Waals surface area contributed by atoms with Crippen LogP contribution in [-0.2, 0) is 12.6 Å². The highest BCUT2D eigenvalue weighted by atomic mass is 35.5. The molecule has 2 heterocycles. The Balaban J connectivity index is 1.50. The number of alkyl halides is 3. The van der Waals surface area contributed by atoms with Crippen molar-refractivity contribution >= 4 is 29.1 Å². The van der Waals surface area contributed by atoms with Gasteiger partial charge in [-0.2, -0.15) is 18.2 Å². The highest BCUT2D eigenvalue weighted by Crippen LogP contribution is 2.35. The minimum atomic E-state index is -4.67. The lowest BCUT2D eigenvalue weighted by Gasteiger charge is -2.12. The van der Waals surface area contributed by atoms with Crippen molar-refractivity contribution in [2.24, 2.45) is 0 Å². The van der Waals surface area contributed by atoms with Crippen molar-refractivity contribution in [3.05, 3.63) is 94.7 Å². The molecule has 1 atom stereocenters. The smallest absolute Gasteiger partial charge is 0.392 e. The quantitative estimate of drug-likeness (QED) is 0.297. The van der Waals surface area contributed by atoms with Crippen molar-refractivity contribution in [2.45, 2.75) is 25.6 Å². The van der Waals surface area contributed by atoms with E-state index in [4.69, 9.17) is 11.6 Å². The van der Waals surface area contributed by atoms with E-state index in [0.717, 1.165) is 17.7 Å². The van der Waals surface area contributed by atoms with Gasteiger partial charge in [0.05, 0.1) is 16.7 Å². The number of halogens is 4. The zero-order valence-corrected chi connectivity index (χ0v) is 20.3. The van der Waals surface area contributed by atoms with E-state index in [1.807, 2.05) is 6.07 Å². The number of aliphatic hydroxyl groups is 1. The summed E-state index contributed by atoms with van der Waals surface area (Å²) in [4.78, 5) is 25.6. The molecular weight excluding hydrogens is 509 g/mol. The lowest BCUT2D eigenvalue weighted by atomic mass is 10.1. The van der Waals surface area contributed by atoms with Crippen LogP contribution in [0.1, 0.15) is 34.2 Å². The summed E-state index contributed by atoms with van der Waals surface area (Å²) < 4.78 is 41.2. The Kier molecular flexibility index (Phi) is 7.74. The molecule has 2 aromatic heterocycles. The molecule has 0 saturated carbocycles. The number of benzene rings is 2. The van der Waals surface area contributed by atoms with E-state index in [-0.39, 0.29) is 5.56 Å². The number of nitrogens with one attached hydrogen (secondary N) is 2. The Hall–Kier alpha value is -3.96. The van der Waals surface area contributed by atoms with Gasteiger partial charge in [-0.1, -0.05) is 23.7 Å². The van der Waals surface area contributed by atoms with Crippen molar-refractivity contribution in [3.63, 3.8) is 0 Å². The first kappa shape index (κ1) is 26.1. The maximum atomic E-state index is 13.2. The predicted molar refractivity (Wildman–Crippen MR) is 133 cm³/mol. The van der Waals surface area contributed by atoms with Gasteiger partial charge < -0.3 is 15.7 Å². The van der Waals surface area contributed by atoms with Crippen LogP contribution in [0.25, 0.3) is 5.82 Å². The molecule has 4 rings (SSSR count). The molecule has 192 valence electrons. The number of aromatic nitrogens is 4. The molecule has 37 heavy (non-hydrogen) atoms. The Morgan fingerprint density at radius 1 is 1.14 bits per heavy atom. The van der Waals surface area contributed by atoms with Crippen LogP contribution in [0, 0.1) is 0 Å². The monoisotopic (exact) mass is 530 g/mol. The molecule has 0 aliphatic heterocycles. The van der Waals surface area contributed by atoms with Crippen LogP contribution >= 0.6 is 11.6 Å². The highest BCUT2D eigenvalue weighted by molar-refractivity contribution is 6.31. The zero-order valence-electron chi connectivity index (χ0n) is 19.5. The van der Waals surface area contributed by atoms with Crippen LogP contribution in [0.5, 0.6) is 0 Å². The van der Waals surface area contributed by atoms with Crippen LogP contribution in [-0.4, -0.2) is 43.2 Å². The molecule has 0 spiro atoms. The molecule has 0 unspecified atom stereocenters. The molecule has 0 fully saturated rings. The van der Waals surface area contributed by atoms with E-state index in [1.54, 1.807) is 54.3 Å². The largest absolute Gasteiger partial charge is 0.417 e. The number of hydrogen-bond acceptors (Lipinski definition) is 6. The average Bonchev–Trinajstić information content (AvgIpc) is 3.30. The summed E-state index contributed by atoms with van der Waals surface area (Å²) >= 11 is 5.65. The van der Waals surface area contributed by atoms with Crippen LogP contribution in [0.4, 0.5) is 24.8 Å². The van der Waals surface area contributed by atoms with Crippen molar-refractivity contribution in [3.8, 4) is 5.82 Å². The number of imidazole rings is 1. The molecule has 2 aromatic carbocycles. The maximum Gasteiger partial charge on any atom is 0.417 e. The maximum absolute atomic E-state index is 13.2. The van der Waals surface area contributed by atoms with E-state index in [1.165, 1.54) is 6.07 Å². The van der Waals surface area contributed by atoms with Gasteiger partial charge in [-0.05, 0) is 48.9 Å². The van der Waals surface area contributed by atoms with E-state index in [2.05, 4.69) is 25.6 Å². The fourth-order valence-corrected chi connectivity index (χ4v) is 3.73. The first-order chi connectivity index (χ1) is 17.6. The molecule has 12 heteroatoms. The molecule has 0 saturated heterocycles. The Labute approximate surface area is 215 Å². The first-order valence-electron chi connectivity index (χ1n) is 11.1. The molecule has 1 amide bonds. The van der Waals surface area contributed by atoms with Gasteiger partial charge in [0.1, 0.15) is 11.6 Å². The summed E-state index contributed by atoms with van der Waals surface area (Å²) in [6.07, 6.45) is 0.123. The van der Waals surface area contributed by atoms with Crippen molar-refractivity contribution in [2.75, 3.05) is 17.2 Å². The second-order valence-corrected chi connectivity index (χ2v) is 8.61. The fourth-order valence-electron chi connectivity index (χ4n) is 3.51. The van der Waals surface area contributed by atoms with Crippen LogP contribution in [0.3, 0.4) is 0 Å². The fraction of sp³-hybridized carbons (Fsp3) is 0.200. The Morgan fingerprint density at radius 2 is 1.95 bits per heavy atom. The van der Waals surface area contributed by atoms with Crippen molar-refractivity contribution < 1.29 is 23.1 Å². The molecule has 0 bridgehead atoms. The van der Waals surface area contributed by atoms with Gasteiger partial charge in [-0.25, -0.2) is 9.97 Å². The lowest BCUT2D eigenvalue weighted by Crippen LogP contribution is -2.17. The van der Waals surface area contributed by atoms with Gasteiger partial charge in [0, 0.05) is 42.8 Å². The van der Waals surface area contributed by atoms with Crippen molar-refractivity contribution in [1.82, 2.24) is 19.5 Å². The Morgan fingerprint density at radius 3 is 2.70 bits per heavy atom. The summed E-state index contributed by atoms with van der Waals surface area (Å²) in [5.41, 5.74) is -0.0209. The lowest BCUT2D eigenvalue weighted by molar-refractivity contribution is -0.137. The number of amides is 1. The summed E-state index contributed by atoms with van der Waals surface area (Å²) in [6.45, 7) is 1.95. The molecule has 0 aliphatic carbocycles. The molecular formula is C25H22ClF3N6O2. The molecule has 0 radical (unpaired) electrons. The zero-order chi connectivity index (χ0) is 26.6. The number of carbonyl (C=O) groups is 1. The Bertz CT molecular complexity index is 1410. The van der Waals surface area contributed by atoms with Gasteiger partial charge >= 0.3 is 6.18 Å². The molecule has 0 aliphatic rings. The van der Waals surface area contributed by atoms with Gasteiger partial charge in [-0.3, -0.25) is 9.36 Å². The minimum Gasteiger partial charge on any atom is -0.392 e. The number of anilines is 2. The summed E-state index contributed by atoms with van der Waals surface area (Å²) in [6, 6.07) is 11.7. The van der Waals surface area contributed by atoms with Crippen LogP contribution < -0.4 is 10.6 Å². The standard InChI is InChI=1S/C25H22ClF3N6O2/c1-15(36)14-32-24-31-8-7-21(34-24)35-10-9-30-22(35)12-16-3-2-4-18(11-16)33-23(37)17-5-6-20(26)19(13-17)25(27,28)29/h2-11,13,15,36H,12,14H2,1H3,(H,33,37)(H,31,32,34)/t15-/m0/s1. The SMILES string of the molecule is C[C@H](O)CNc1nccc(-n2ccnc2Cc2cccc(NC(=O)c3ccc(Cl)c(C(F)(F)F)c3)c2)n1.